The topological polar surface area (TPSA) is 92.7 Å². The lowest BCUT2D eigenvalue weighted by atomic mass is 10.1. The van der Waals surface area contributed by atoms with Crippen molar-refractivity contribution >= 4 is 16.7 Å². The summed E-state index contributed by atoms with van der Waals surface area (Å²) in [5.41, 5.74) is 1.39. The van der Waals surface area contributed by atoms with Gasteiger partial charge in [-0.1, -0.05) is 25.1 Å². The Morgan fingerprint density at radius 2 is 2.00 bits per heavy atom. The summed E-state index contributed by atoms with van der Waals surface area (Å²) in [5, 5.41) is 8.55. The summed E-state index contributed by atoms with van der Waals surface area (Å²) in [6.45, 7) is 5.58. The smallest absolute Gasteiger partial charge is 0.275 e. The second-order valence-corrected chi connectivity index (χ2v) is 6.07. The van der Waals surface area contributed by atoms with Gasteiger partial charge in [-0.05, 0) is 26.3 Å². The van der Waals surface area contributed by atoms with Gasteiger partial charge in [0.1, 0.15) is 12.4 Å². The molecule has 0 saturated heterocycles. The first kappa shape index (κ1) is 16.9. The fraction of sp³-hybridized carbons (Fsp3) is 0.333. The number of aromatic amines is 1. The van der Waals surface area contributed by atoms with Crippen LogP contribution in [0, 0.1) is 13.8 Å². The molecule has 3 aromatic rings. The molecule has 0 aliphatic heterocycles. The van der Waals surface area contributed by atoms with E-state index in [0.717, 1.165) is 16.8 Å². The number of aromatic nitrogens is 4. The van der Waals surface area contributed by atoms with E-state index in [1.54, 1.807) is 18.3 Å². The van der Waals surface area contributed by atoms with Gasteiger partial charge in [-0.2, -0.15) is 5.10 Å². The number of nitrogens with zero attached hydrogens (tertiary/aromatic N) is 3. The summed E-state index contributed by atoms with van der Waals surface area (Å²) in [6, 6.07) is 7.06. The van der Waals surface area contributed by atoms with Crippen LogP contribution < -0.4 is 10.9 Å². The van der Waals surface area contributed by atoms with E-state index >= 15 is 0 Å². The summed E-state index contributed by atoms with van der Waals surface area (Å²) in [6.07, 6.45) is 2.42. The van der Waals surface area contributed by atoms with E-state index in [1.807, 2.05) is 32.9 Å². The van der Waals surface area contributed by atoms with Gasteiger partial charge in [-0.3, -0.25) is 9.59 Å². The molecule has 0 bridgehead atoms. The van der Waals surface area contributed by atoms with E-state index in [0.29, 0.717) is 17.6 Å². The van der Waals surface area contributed by atoms with Gasteiger partial charge in [0.05, 0.1) is 17.1 Å². The molecule has 0 aliphatic carbocycles. The Hall–Kier alpha value is -2.96. The van der Waals surface area contributed by atoms with Crippen LogP contribution in [0.3, 0.4) is 0 Å². The number of carbonyl (C=O) groups is 1. The van der Waals surface area contributed by atoms with Crippen molar-refractivity contribution in [1.82, 2.24) is 25.1 Å². The van der Waals surface area contributed by atoms with Crippen LogP contribution in [0.25, 0.3) is 10.8 Å². The normalized spacial score (nSPS) is 12.3. The fourth-order valence-corrected chi connectivity index (χ4v) is 2.86. The number of carbonyl (C=O) groups excluding carboxylic acids is 1. The second kappa shape index (κ2) is 6.88. The van der Waals surface area contributed by atoms with Crippen molar-refractivity contribution in [1.29, 1.82) is 0 Å². The molecule has 7 nitrogen and oxygen atoms in total. The molecule has 0 fully saturated rings. The number of imidazole rings is 1. The maximum atomic E-state index is 12.5. The molecule has 1 amide bonds. The zero-order chi connectivity index (χ0) is 18.0. The highest BCUT2D eigenvalue weighted by atomic mass is 16.2. The van der Waals surface area contributed by atoms with E-state index in [-0.39, 0.29) is 24.1 Å². The highest BCUT2D eigenvalue weighted by Crippen LogP contribution is 2.13. The summed E-state index contributed by atoms with van der Waals surface area (Å²) in [5.74, 6) is 0.438. The Kier molecular flexibility index (Phi) is 4.65. The third kappa shape index (κ3) is 3.45. The van der Waals surface area contributed by atoms with Gasteiger partial charge in [0, 0.05) is 17.3 Å². The van der Waals surface area contributed by atoms with Gasteiger partial charge in [-0.25, -0.2) is 9.67 Å². The first-order valence-corrected chi connectivity index (χ1v) is 8.27. The molecule has 0 saturated carbocycles. The molecule has 2 aromatic heterocycles. The molecule has 1 atom stereocenters. The predicted octanol–water partition coefficient (Wildman–Crippen LogP) is 2.00. The van der Waals surface area contributed by atoms with Gasteiger partial charge < -0.3 is 10.3 Å². The molecular formula is C18H21N5O2. The summed E-state index contributed by atoms with van der Waals surface area (Å²) >= 11 is 0. The maximum Gasteiger partial charge on any atom is 0.275 e. The fourth-order valence-electron chi connectivity index (χ4n) is 2.86. The lowest BCUT2D eigenvalue weighted by Crippen LogP contribution is -2.36. The van der Waals surface area contributed by atoms with Gasteiger partial charge in [0.2, 0.25) is 5.91 Å². The van der Waals surface area contributed by atoms with Crippen LogP contribution >= 0.6 is 0 Å². The number of benzene rings is 1. The standard InChI is InChI=1S/C18H21N5O2/c1-4-15(17-19-9-11(2)20-17)21-16(24)10-23-18(25)14-8-6-5-7-13(14)12(3)22-23/h5-9,15H,4,10H2,1-3H3,(H,19,20)(H,21,24)/t15-/m1/s1. The molecule has 0 spiro atoms. The Morgan fingerprint density at radius 3 is 2.64 bits per heavy atom. The van der Waals surface area contributed by atoms with E-state index in [9.17, 15) is 9.59 Å². The first-order chi connectivity index (χ1) is 12.0. The zero-order valence-electron chi connectivity index (χ0n) is 14.5. The second-order valence-electron chi connectivity index (χ2n) is 6.07. The van der Waals surface area contributed by atoms with Gasteiger partial charge in [-0.15, -0.1) is 0 Å². The SMILES string of the molecule is CC[C@@H](NC(=O)Cn1nc(C)c2ccccc2c1=O)c1ncc(C)[nH]1. The van der Waals surface area contributed by atoms with Crippen LogP contribution in [-0.2, 0) is 11.3 Å². The molecule has 25 heavy (non-hydrogen) atoms. The minimum Gasteiger partial charge on any atom is -0.345 e. The molecule has 1 aromatic carbocycles. The Bertz CT molecular complexity index is 973. The average Bonchev–Trinajstić information content (AvgIpc) is 3.03. The van der Waals surface area contributed by atoms with Crippen molar-refractivity contribution in [2.45, 2.75) is 39.8 Å². The number of nitrogens with one attached hydrogen (secondary N) is 2. The van der Waals surface area contributed by atoms with Crippen molar-refractivity contribution in [3.63, 3.8) is 0 Å². The Morgan fingerprint density at radius 1 is 1.28 bits per heavy atom. The van der Waals surface area contributed by atoms with Crippen LogP contribution in [0.4, 0.5) is 0 Å². The van der Waals surface area contributed by atoms with Crippen molar-refractivity contribution < 1.29 is 4.79 Å². The van der Waals surface area contributed by atoms with Crippen molar-refractivity contribution in [3.8, 4) is 0 Å². The van der Waals surface area contributed by atoms with Crippen LogP contribution in [-0.4, -0.2) is 25.7 Å². The third-order valence-corrected chi connectivity index (χ3v) is 4.14. The minimum atomic E-state index is -0.273. The quantitative estimate of drug-likeness (QED) is 0.743. The largest absolute Gasteiger partial charge is 0.345 e. The molecule has 2 N–H and O–H groups in total. The molecule has 0 aliphatic rings. The highest BCUT2D eigenvalue weighted by molar-refractivity contribution is 5.83. The Balaban J connectivity index is 1.82. The first-order valence-electron chi connectivity index (χ1n) is 8.27. The number of hydrogen-bond acceptors (Lipinski definition) is 4. The van der Waals surface area contributed by atoms with Crippen LogP contribution in [0.15, 0.2) is 35.3 Å². The molecular weight excluding hydrogens is 318 g/mol. The minimum absolute atomic E-state index is 0.124. The van der Waals surface area contributed by atoms with Crippen LogP contribution in [0.2, 0.25) is 0 Å². The van der Waals surface area contributed by atoms with Crippen molar-refractivity contribution in [2.75, 3.05) is 0 Å². The number of H-pyrrole nitrogens is 1. The zero-order valence-corrected chi connectivity index (χ0v) is 14.5. The molecule has 130 valence electrons. The molecule has 3 rings (SSSR count). The summed E-state index contributed by atoms with van der Waals surface area (Å²) in [4.78, 5) is 32.4. The highest BCUT2D eigenvalue weighted by Gasteiger charge is 2.17. The number of amides is 1. The number of hydrogen-bond donors (Lipinski definition) is 2. The summed E-state index contributed by atoms with van der Waals surface area (Å²) < 4.78 is 1.22. The predicted molar refractivity (Wildman–Crippen MR) is 95.2 cm³/mol. The van der Waals surface area contributed by atoms with Crippen molar-refractivity contribution in [3.05, 3.63) is 58.0 Å². The summed E-state index contributed by atoms with van der Waals surface area (Å²) in [7, 11) is 0. The van der Waals surface area contributed by atoms with Gasteiger partial charge in [0.25, 0.3) is 5.56 Å². The number of rotatable bonds is 5. The molecule has 0 unspecified atom stereocenters. The average molecular weight is 339 g/mol. The third-order valence-electron chi connectivity index (χ3n) is 4.14. The molecule has 7 heteroatoms. The van der Waals surface area contributed by atoms with Crippen molar-refractivity contribution in [2.24, 2.45) is 0 Å². The van der Waals surface area contributed by atoms with Gasteiger partial charge in [0.15, 0.2) is 0 Å². The number of aryl methyl sites for hydroxylation is 2. The molecule has 0 radical (unpaired) electrons. The van der Waals surface area contributed by atoms with E-state index < -0.39 is 0 Å². The van der Waals surface area contributed by atoms with Crippen LogP contribution in [0.1, 0.15) is 36.6 Å². The van der Waals surface area contributed by atoms with Crippen LogP contribution in [0.5, 0.6) is 0 Å². The van der Waals surface area contributed by atoms with E-state index in [1.165, 1.54) is 4.68 Å². The Labute approximate surface area is 145 Å². The molecule has 2 heterocycles. The van der Waals surface area contributed by atoms with E-state index in [2.05, 4.69) is 20.4 Å². The van der Waals surface area contributed by atoms with E-state index in [4.69, 9.17) is 0 Å². The number of fused-ring (bicyclic) bond motifs is 1. The van der Waals surface area contributed by atoms with Gasteiger partial charge >= 0.3 is 0 Å². The monoisotopic (exact) mass is 339 g/mol. The lowest BCUT2D eigenvalue weighted by Gasteiger charge is -2.15. The lowest BCUT2D eigenvalue weighted by molar-refractivity contribution is -0.122. The maximum absolute atomic E-state index is 12.5.